The molecule has 0 aliphatic carbocycles. The molecule has 4 heteroatoms. The lowest BCUT2D eigenvalue weighted by molar-refractivity contribution is -0.157. The van der Waals surface area contributed by atoms with Crippen LogP contribution < -0.4 is 0 Å². The maximum absolute atomic E-state index is 10.8. The quantitative estimate of drug-likeness (QED) is 0.687. The number of phenolic OH excluding ortho intramolecular Hbond substituents is 1. The van der Waals surface area contributed by atoms with E-state index in [1.165, 1.54) is 13.0 Å². The molecule has 15 heavy (non-hydrogen) atoms. The first-order valence-electron chi connectivity index (χ1n) is 4.53. The predicted octanol–water partition coefficient (Wildman–Crippen LogP) is 1.30. The summed E-state index contributed by atoms with van der Waals surface area (Å²) in [7, 11) is 0. The van der Waals surface area contributed by atoms with Gasteiger partial charge in [0.25, 0.3) is 0 Å². The fourth-order valence-corrected chi connectivity index (χ4v) is 1.25. The molecule has 1 atom stereocenters. The Bertz CT molecular complexity index is 384. The van der Waals surface area contributed by atoms with Gasteiger partial charge in [-0.05, 0) is 43.5 Å². The van der Waals surface area contributed by atoms with Crippen molar-refractivity contribution in [2.24, 2.45) is 0 Å². The van der Waals surface area contributed by atoms with E-state index in [0.29, 0.717) is 5.56 Å². The lowest BCUT2D eigenvalue weighted by atomic mass is 9.92. The Morgan fingerprint density at radius 1 is 1.33 bits per heavy atom. The van der Waals surface area contributed by atoms with Gasteiger partial charge < -0.3 is 15.3 Å². The smallest absolute Gasteiger partial charge is 0.340 e. The Hall–Kier alpha value is -1.55. The van der Waals surface area contributed by atoms with E-state index in [9.17, 15) is 15.0 Å². The number of carboxylic acids is 1. The summed E-state index contributed by atoms with van der Waals surface area (Å²) in [6.07, 6.45) is 0. The minimum absolute atomic E-state index is 0.00785. The molecule has 0 amide bonds. The number of aryl methyl sites for hydroxylation is 1. The topological polar surface area (TPSA) is 77.8 Å². The highest BCUT2D eigenvalue weighted by Crippen LogP contribution is 2.29. The molecule has 0 fully saturated rings. The second-order valence-electron chi connectivity index (χ2n) is 3.81. The van der Waals surface area contributed by atoms with Gasteiger partial charge in [0.1, 0.15) is 5.75 Å². The van der Waals surface area contributed by atoms with Crippen LogP contribution in [0.25, 0.3) is 0 Å². The number of hydrogen-bond donors (Lipinski definition) is 3. The van der Waals surface area contributed by atoms with E-state index in [2.05, 4.69) is 0 Å². The van der Waals surface area contributed by atoms with Crippen LogP contribution in [0.4, 0.5) is 0 Å². The first-order valence-corrected chi connectivity index (χ1v) is 4.53. The maximum atomic E-state index is 10.8. The SMILES string of the molecule is Cc1cc(C(C)(O)C(=O)O)cc(O)c1C. The number of hydrogen-bond acceptors (Lipinski definition) is 3. The van der Waals surface area contributed by atoms with Crippen LogP contribution in [0.1, 0.15) is 23.6 Å². The largest absolute Gasteiger partial charge is 0.508 e. The number of rotatable bonds is 2. The highest BCUT2D eigenvalue weighted by atomic mass is 16.4. The summed E-state index contributed by atoms with van der Waals surface area (Å²) in [6, 6.07) is 2.83. The Balaban J connectivity index is 3.34. The molecule has 0 spiro atoms. The highest BCUT2D eigenvalue weighted by Gasteiger charge is 2.32. The van der Waals surface area contributed by atoms with Crippen LogP contribution in [0.15, 0.2) is 12.1 Å². The van der Waals surface area contributed by atoms with Gasteiger partial charge in [-0.2, -0.15) is 0 Å². The average molecular weight is 210 g/mol. The molecule has 0 radical (unpaired) electrons. The number of benzene rings is 1. The zero-order valence-electron chi connectivity index (χ0n) is 8.90. The van der Waals surface area contributed by atoms with Crippen molar-refractivity contribution in [3.05, 3.63) is 28.8 Å². The Kier molecular flexibility index (Phi) is 2.73. The van der Waals surface area contributed by atoms with Crippen molar-refractivity contribution in [1.82, 2.24) is 0 Å². The summed E-state index contributed by atoms with van der Waals surface area (Å²) in [4.78, 5) is 10.8. The van der Waals surface area contributed by atoms with E-state index >= 15 is 0 Å². The molecule has 82 valence electrons. The number of aliphatic hydroxyl groups is 1. The minimum Gasteiger partial charge on any atom is -0.508 e. The van der Waals surface area contributed by atoms with Crippen LogP contribution in [-0.2, 0) is 10.4 Å². The number of phenols is 1. The third kappa shape index (κ3) is 1.94. The highest BCUT2D eigenvalue weighted by molar-refractivity contribution is 5.79. The van der Waals surface area contributed by atoms with Crippen molar-refractivity contribution in [3.8, 4) is 5.75 Å². The van der Waals surface area contributed by atoms with Crippen molar-refractivity contribution in [2.75, 3.05) is 0 Å². The fourth-order valence-electron chi connectivity index (χ4n) is 1.25. The third-order valence-electron chi connectivity index (χ3n) is 2.62. The van der Waals surface area contributed by atoms with Gasteiger partial charge in [0.15, 0.2) is 5.60 Å². The van der Waals surface area contributed by atoms with E-state index in [1.54, 1.807) is 19.9 Å². The van der Waals surface area contributed by atoms with E-state index < -0.39 is 11.6 Å². The number of carbonyl (C=O) groups is 1. The normalized spacial score (nSPS) is 14.7. The van der Waals surface area contributed by atoms with Gasteiger partial charge in [-0.15, -0.1) is 0 Å². The van der Waals surface area contributed by atoms with Crippen LogP contribution in [0.5, 0.6) is 5.75 Å². The monoisotopic (exact) mass is 210 g/mol. The second-order valence-corrected chi connectivity index (χ2v) is 3.81. The Morgan fingerprint density at radius 2 is 1.87 bits per heavy atom. The summed E-state index contributed by atoms with van der Waals surface area (Å²) in [5, 5.41) is 28.0. The Labute approximate surface area is 87.8 Å². The molecule has 1 aromatic carbocycles. The zero-order chi connectivity index (χ0) is 11.8. The van der Waals surface area contributed by atoms with Gasteiger partial charge in [-0.3, -0.25) is 0 Å². The number of aromatic hydroxyl groups is 1. The molecule has 3 N–H and O–H groups in total. The van der Waals surface area contributed by atoms with Gasteiger partial charge >= 0.3 is 5.97 Å². The van der Waals surface area contributed by atoms with Crippen LogP contribution in [-0.4, -0.2) is 21.3 Å². The van der Waals surface area contributed by atoms with Crippen molar-refractivity contribution in [1.29, 1.82) is 0 Å². The van der Waals surface area contributed by atoms with Gasteiger partial charge in [-0.1, -0.05) is 6.07 Å². The Morgan fingerprint density at radius 3 is 2.27 bits per heavy atom. The molecule has 0 aliphatic rings. The summed E-state index contributed by atoms with van der Waals surface area (Å²) >= 11 is 0. The third-order valence-corrected chi connectivity index (χ3v) is 2.62. The lowest BCUT2D eigenvalue weighted by Crippen LogP contribution is -2.31. The lowest BCUT2D eigenvalue weighted by Gasteiger charge is -2.20. The summed E-state index contributed by atoms with van der Waals surface area (Å²) in [5.41, 5.74) is -0.377. The van der Waals surface area contributed by atoms with Crippen LogP contribution in [0.3, 0.4) is 0 Å². The molecule has 1 rings (SSSR count). The van der Waals surface area contributed by atoms with Crippen molar-refractivity contribution in [3.63, 3.8) is 0 Å². The molecule has 1 unspecified atom stereocenters. The molecule has 0 aromatic heterocycles. The zero-order valence-corrected chi connectivity index (χ0v) is 8.90. The van der Waals surface area contributed by atoms with Crippen LogP contribution in [0, 0.1) is 13.8 Å². The van der Waals surface area contributed by atoms with Crippen molar-refractivity contribution >= 4 is 5.97 Å². The van der Waals surface area contributed by atoms with Gasteiger partial charge in [0, 0.05) is 0 Å². The van der Waals surface area contributed by atoms with Gasteiger partial charge in [0.2, 0.25) is 0 Å². The van der Waals surface area contributed by atoms with Crippen molar-refractivity contribution < 1.29 is 20.1 Å². The summed E-state index contributed by atoms with van der Waals surface area (Å²) in [6.45, 7) is 4.65. The van der Waals surface area contributed by atoms with E-state index in [-0.39, 0.29) is 11.3 Å². The molecule has 1 aromatic rings. The molecule has 0 heterocycles. The van der Waals surface area contributed by atoms with E-state index in [0.717, 1.165) is 5.56 Å². The molecule has 4 nitrogen and oxygen atoms in total. The second kappa shape index (κ2) is 3.55. The fraction of sp³-hybridized carbons (Fsp3) is 0.364. The number of carboxylic acid groups (broad SMARTS) is 1. The number of aliphatic carboxylic acids is 1. The maximum Gasteiger partial charge on any atom is 0.340 e. The van der Waals surface area contributed by atoms with Gasteiger partial charge in [0.05, 0.1) is 0 Å². The molecule has 0 saturated carbocycles. The first kappa shape index (κ1) is 11.5. The first-order chi connectivity index (χ1) is 6.76. The molecular weight excluding hydrogens is 196 g/mol. The van der Waals surface area contributed by atoms with Crippen LogP contribution in [0.2, 0.25) is 0 Å². The van der Waals surface area contributed by atoms with E-state index in [1.807, 2.05) is 0 Å². The molecule has 0 aliphatic heterocycles. The van der Waals surface area contributed by atoms with Gasteiger partial charge in [-0.25, -0.2) is 4.79 Å². The summed E-state index contributed by atoms with van der Waals surface area (Å²) in [5.74, 6) is -1.35. The predicted molar refractivity (Wildman–Crippen MR) is 54.8 cm³/mol. The van der Waals surface area contributed by atoms with Crippen molar-refractivity contribution in [2.45, 2.75) is 26.4 Å². The molecular formula is C11H14O4. The summed E-state index contributed by atoms with van der Waals surface area (Å²) < 4.78 is 0. The average Bonchev–Trinajstić information content (AvgIpc) is 2.13. The molecule has 0 saturated heterocycles. The minimum atomic E-state index is -1.98. The standard InChI is InChI=1S/C11H14O4/c1-6-4-8(5-9(12)7(6)2)11(3,15)10(13)14/h4-5,12,15H,1-3H3,(H,13,14). The molecule has 0 bridgehead atoms. The van der Waals surface area contributed by atoms with Crippen LogP contribution >= 0.6 is 0 Å². The van der Waals surface area contributed by atoms with E-state index in [4.69, 9.17) is 5.11 Å².